The molecule has 0 N–H and O–H groups in total. The van der Waals surface area contributed by atoms with Crippen LogP contribution in [0.15, 0.2) is 41.1 Å². The van der Waals surface area contributed by atoms with Crippen molar-refractivity contribution >= 4 is 15.9 Å². The zero-order valence-corrected chi connectivity index (χ0v) is 12.6. The molecule has 0 aliphatic heterocycles. The summed E-state index contributed by atoms with van der Waals surface area (Å²) in [7, 11) is 0. The summed E-state index contributed by atoms with van der Waals surface area (Å²) in [4.78, 5) is 4.25. The molecule has 1 heterocycles. The molecule has 0 aliphatic rings. The van der Waals surface area contributed by atoms with E-state index in [4.69, 9.17) is 9.47 Å². The summed E-state index contributed by atoms with van der Waals surface area (Å²) in [6.45, 7) is 4.92. The highest BCUT2D eigenvalue weighted by molar-refractivity contribution is 9.10. The van der Waals surface area contributed by atoms with Gasteiger partial charge in [-0.25, -0.2) is 0 Å². The zero-order chi connectivity index (χ0) is 13.7. The summed E-state index contributed by atoms with van der Waals surface area (Å²) in [5.41, 5.74) is 1.15. The smallest absolute Gasteiger partial charge is 0.299 e. The normalized spacial score (nSPS) is 10.9. The first kappa shape index (κ1) is 14.1. The first-order valence-corrected chi connectivity index (χ1v) is 6.95. The van der Waals surface area contributed by atoms with Crippen molar-refractivity contribution in [1.29, 1.82) is 0 Å². The number of imidazole rings is 1. The fourth-order valence-corrected chi connectivity index (χ4v) is 2.00. The van der Waals surface area contributed by atoms with Crippen molar-refractivity contribution in [2.75, 3.05) is 0 Å². The van der Waals surface area contributed by atoms with E-state index < -0.39 is 0 Å². The Balaban J connectivity index is 1.92. The highest BCUT2D eigenvalue weighted by Gasteiger charge is 2.09. The van der Waals surface area contributed by atoms with Crippen molar-refractivity contribution < 1.29 is 9.47 Å². The number of nitrogens with zero attached hydrogens (tertiary/aromatic N) is 2. The number of hydrogen-bond donors (Lipinski definition) is 0. The number of ether oxygens (including phenoxy) is 2. The molecule has 0 atom stereocenters. The summed E-state index contributed by atoms with van der Waals surface area (Å²) in [5, 5.41) is 0. The molecule has 0 fully saturated rings. The molecule has 0 amide bonds. The summed E-state index contributed by atoms with van der Waals surface area (Å²) < 4.78 is 13.9. The van der Waals surface area contributed by atoms with Crippen molar-refractivity contribution in [2.24, 2.45) is 0 Å². The van der Waals surface area contributed by atoms with Crippen LogP contribution in [0.4, 0.5) is 0 Å². The number of rotatable bonds is 6. The molecule has 5 heteroatoms. The molecule has 1 aromatic carbocycles. The predicted molar refractivity (Wildman–Crippen MR) is 76.9 cm³/mol. The Kier molecular flexibility index (Phi) is 4.99. The minimum Gasteiger partial charge on any atom is -0.462 e. The molecule has 0 saturated carbocycles. The third-order valence-electron chi connectivity index (χ3n) is 2.39. The second-order valence-corrected chi connectivity index (χ2v) is 5.26. The summed E-state index contributed by atoms with van der Waals surface area (Å²) in [5.74, 6) is 0. The van der Waals surface area contributed by atoms with Crippen LogP contribution in [0.25, 0.3) is 0 Å². The lowest BCUT2D eigenvalue weighted by Crippen LogP contribution is -2.11. The van der Waals surface area contributed by atoms with Gasteiger partial charge in [-0.15, -0.1) is 0 Å². The molecule has 19 heavy (non-hydrogen) atoms. The third-order valence-corrected chi connectivity index (χ3v) is 2.78. The summed E-state index contributed by atoms with van der Waals surface area (Å²) >= 11 is 3.34. The van der Waals surface area contributed by atoms with Crippen LogP contribution < -0.4 is 4.74 Å². The Morgan fingerprint density at radius 2 is 2.00 bits per heavy atom. The standard InChI is InChI=1S/C14H17BrN2O2/c1-11(2)19-14-16-13(15)8-17(14)10-18-9-12-6-4-3-5-7-12/h3-8,11H,9-10H2,1-2H3. The van der Waals surface area contributed by atoms with E-state index in [9.17, 15) is 0 Å². The molecule has 4 nitrogen and oxygen atoms in total. The lowest BCUT2D eigenvalue weighted by Gasteiger charge is -2.11. The molecule has 2 aromatic rings. The largest absolute Gasteiger partial charge is 0.462 e. The van der Waals surface area contributed by atoms with Gasteiger partial charge in [0.25, 0.3) is 6.01 Å². The van der Waals surface area contributed by atoms with Gasteiger partial charge in [0.05, 0.1) is 12.7 Å². The second kappa shape index (κ2) is 6.73. The average Bonchev–Trinajstić information content (AvgIpc) is 2.70. The maximum absolute atomic E-state index is 5.66. The van der Waals surface area contributed by atoms with Gasteiger partial charge < -0.3 is 9.47 Å². The first-order chi connectivity index (χ1) is 9.15. The van der Waals surface area contributed by atoms with Crippen LogP contribution in [-0.2, 0) is 18.1 Å². The van der Waals surface area contributed by atoms with Crippen LogP contribution in [0.5, 0.6) is 6.01 Å². The van der Waals surface area contributed by atoms with E-state index >= 15 is 0 Å². The Labute approximate surface area is 121 Å². The molecule has 0 spiro atoms. The highest BCUT2D eigenvalue weighted by Crippen LogP contribution is 2.17. The van der Waals surface area contributed by atoms with Gasteiger partial charge >= 0.3 is 0 Å². The quantitative estimate of drug-likeness (QED) is 0.814. The second-order valence-electron chi connectivity index (χ2n) is 4.45. The maximum atomic E-state index is 5.66. The average molecular weight is 325 g/mol. The van der Waals surface area contributed by atoms with Gasteiger partial charge in [0.15, 0.2) is 0 Å². The van der Waals surface area contributed by atoms with E-state index in [1.54, 1.807) is 0 Å². The molecular formula is C14H17BrN2O2. The van der Waals surface area contributed by atoms with E-state index in [0.29, 0.717) is 19.3 Å². The fraction of sp³-hybridized carbons (Fsp3) is 0.357. The van der Waals surface area contributed by atoms with Crippen molar-refractivity contribution in [2.45, 2.75) is 33.3 Å². The predicted octanol–water partition coefficient (Wildman–Crippen LogP) is 3.61. The molecule has 0 radical (unpaired) electrons. The van der Waals surface area contributed by atoms with Crippen LogP contribution >= 0.6 is 15.9 Å². The monoisotopic (exact) mass is 324 g/mol. The van der Waals surface area contributed by atoms with Crippen molar-refractivity contribution in [3.8, 4) is 6.01 Å². The number of halogens is 1. The molecule has 0 unspecified atom stereocenters. The van der Waals surface area contributed by atoms with Crippen LogP contribution in [-0.4, -0.2) is 15.7 Å². The Hall–Kier alpha value is -1.33. The van der Waals surface area contributed by atoms with Crippen LogP contribution in [0.3, 0.4) is 0 Å². The molecule has 0 aliphatic carbocycles. The van der Waals surface area contributed by atoms with Gasteiger partial charge in [-0.05, 0) is 35.3 Å². The molecule has 1 aromatic heterocycles. The lowest BCUT2D eigenvalue weighted by molar-refractivity contribution is 0.0544. The van der Waals surface area contributed by atoms with Crippen molar-refractivity contribution in [3.63, 3.8) is 0 Å². The lowest BCUT2D eigenvalue weighted by atomic mass is 10.2. The SMILES string of the molecule is CC(C)Oc1nc(Br)cn1COCc1ccccc1. The van der Waals surface area contributed by atoms with Crippen molar-refractivity contribution in [1.82, 2.24) is 9.55 Å². The number of benzene rings is 1. The third kappa shape index (κ3) is 4.36. The fourth-order valence-electron chi connectivity index (χ4n) is 1.60. The van der Waals surface area contributed by atoms with Gasteiger partial charge in [-0.1, -0.05) is 30.3 Å². The number of aromatic nitrogens is 2. The van der Waals surface area contributed by atoms with Crippen molar-refractivity contribution in [3.05, 3.63) is 46.7 Å². The van der Waals surface area contributed by atoms with Gasteiger partial charge in [0, 0.05) is 6.20 Å². The molecule has 102 valence electrons. The van der Waals surface area contributed by atoms with E-state index in [2.05, 4.69) is 20.9 Å². The van der Waals surface area contributed by atoms with Gasteiger partial charge in [-0.3, -0.25) is 4.57 Å². The Morgan fingerprint density at radius 1 is 1.26 bits per heavy atom. The van der Waals surface area contributed by atoms with E-state index in [-0.39, 0.29) is 6.10 Å². The Morgan fingerprint density at radius 3 is 2.68 bits per heavy atom. The minimum atomic E-state index is 0.0853. The topological polar surface area (TPSA) is 36.3 Å². The van der Waals surface area contributed by atoms with E-state index in [1.165, 1.54) is 0 Å². The van der Waals surface area contributed by atoms with E-state index in [0.717, 1.165) is 10.2 Å². The van der Waals surface area contributed by atoms with Gasteiger partial charge in [0.2, 0.25) is 0 Å². The number of hydrogen-bond acceptors (Lipinski definition) is 3. The summed E-state index contributed by atoms with van der Waals surface area (Å²) in [6.07, 6.45) is 1.94. The highest BCUT2D eigenvalue weighted by atomic mass is 79.9. The summed E-state index contributed by atoms with van der Waals surface area (Å²) in [6, 6.07) is 10.6. The zero-order valence-electron chi connectivity index (χ0n) is 11.0. The maximum Gasteiger partial charge on any atom is 0.299 e. The molecule has 0 saturated heterocycles. The molecule has 0 bridgehead atoms. The van der Waals surface area contributed by atoms with Crippen LogP contribution in [0, 0.1) is 0 Å². The molecule has 2 rings (SSSR count). The Bertz CT molecular complexity index is 511. The van der Waals surface area contributed by atoms with Crippen LogP contribution in [0.2, 0.25) is 0 Å². The first-order valence-electron chi connectivity index (χ1n) is 6.16. The van der Waals surface area contributed by atoms with Crippen LogP contribution in [0.1, 0.15) is 19.4 Å². The van der Waals surface area contributed by atoms with Gasteiger partial charge in [0.1, 0.15) is 11.3 Å². The minimum absolute atomic E-state index is 0.0853. The van der Waals surface area contributed by atoms with E-state index in [1.807, 2.05) is 54.9 Å². The molecular weight excluding hydrogens is 308 g/mol. The van der Waals surface area contributed by atoms with Gasteiger partial charge in [-0.2, -0.15) is 4.98 Å².